The third kappa shape index (κ3) is 3.73. The Morgan fingerprint density at radius 2 is 1.08 bits per heavy atom. The minimum Gasteiger partial charge on any atom is -0.309 e. The molecular weight excluding hydrogens is 558 g/mol. The maximum atomic E-state index is 3.65. The summed E-state index contributed by atoms with van der Waals surface area (Å²) in [7, 11) is 0. The summed E-state index contributed by atoms with van der Waals surface area (Å²) in [5.41, 5.74) is 8.54. The summed E-state index contributed by atoms with van der Waals surface area (Å²) < 4.78 is 6.14. The number of thiophene rings is 1. The lowest BCUT2D eigenvalue weighted by atomic mass is 9.97. The van der Waals surface area contributed by atoms with Crippen LogP contribution in [0.5, 0.6) is 0 Å². The van der Waals surface area contributed by atoms with Gasteiger partial charge in [0.05, 0.1) is 11.0 Å². The van der Waals surface area contributed by atoms with Crippen molar-refractivity contribution in [1.82, 2.24) is 4.57 Å². The van der Waals surface area contributed by atoms with Gasteiger partial charge in [-0.15, -0.1) is 11.3 Å². The van der Waals surface area contributed by atoms with E-state index in [0.29, 0.717) is 0 Å². The van der Waals surface area contributed by atoms with Gasteiger partial charge in [0.15, 0.2) is 0 Å². The maximum absolute atomic E-state index is 3.65. The molecule has 1 nitrogen and oxygen atoms in total. The van der Waals surface area contributed by atoms with Crippen LogP contribution in [0.25, 0.3) is 69.9 Å². The fourth-order valence-corrected chi connectivity index (χ4v) is 7.24. The Bertz CT molecular complexity index is 2190. The molecule has 39 heavy (non-hydrogen) atoms. The molecule has 8 rings (SSSR count). The Balaban J connectivity index is 1.29. The third-order valence-electron chi connectivity index (χ3n) is 7.65. The fourth-order valence-electron chi connectivity index (χ4n) is 5.81. The fraction of sp³-hybridized carbons (Fsp3) is 0. The number of hydrogen-bond acceptors (Lipinski definition) is 1. The lowest BCUT2D eigenvalue weighted by molar-refractivity contribution is 1.18. The molecule has 0 N–H and O–H groups in total. The largest absolute Gasteiger partial charge is 0.309 e. The van der Waals surface area contributed by atoms with Crippen molar-refractivity contribution in [3.63, 3.8) is 0 Å². The molecule has 0 spiro atoms. The maximum Gasteiger partial charge on any atom is 0.0547 e. The smallest absolute Gasteiger partial charge is 0.0547 e. The number of fused-ring (bicyclic) bond motifs is 6. The first kappa shape index (κ1) is 22.8. The van der Waals surface area contributed by atoms with Crippen LogP contribution in [0, 0.1) is 0 Å². The van der Waals surface area contributed by atoms with Crippen molar-refractivity contribution in [2.24, 2.45) is 0 Å². The van der Waals surface area contributed by atoms with Gasteiger partial charge in [-0.05, 0) is 82.9 Å². The van der Waals surface area contributed by atoms with E-state index in [4.69, 9.17) is 0 Å². The Hall–Kier alpha value is -4.18. The first-order chi connectivity index (χ1) is 19.2. The van der Waals surface area contributed by atoms with Gasteiger partial charge in [0, 0.05) is 41.1 Å². The van der Waals surface area contributed by atoms with Gasteiger partial charge in [0.2, 0.25) is 0 Å². The second-order valence-corrected chi connectivity index (χ2v) is 12.0. The molecule has 2 heterocycles. The van der Waals surface area contributed by atoms with Gasteiger partial charge >= 0.3 is 0 Å². The third-order valence-corrected chi connectivity index (χ3v) is 9.29. The second kappa shape index (κ2) is 8.94. The summed E-state index contributed by atoms with van der Waals surface area (Å²) in [6.45, 7) is 0. The van der Waals surface area contributed by atoms with Crippen molar-refractivity contribution >= 4 is 69.2 Å². The van der Waals surface area contributed by atoms with Crippen LogP contribution in [0.2, 0.25) is 0 Å². The van der Waals surface area contributed by atoms with Crippen molar-refractivity contribution in [2.75, 3.05) is 0 Å². The summed E-state index contributed by atoms with van der Waals surface area (Å²) in [5, 5.41) is 5.17. The van der Waals surface area contributed by atoms with Gasteiger partial charge in [-0.25, -0.2) is 0 Å². The highest BCUT2D eigenvalue weighted by molar-refractivity contribution is 9.10. The SMILES string of the molecule is Brc1ccc2sc3ccc(-c4cccc(-c5ccc6c7ccccc7n(-c7ccccc7)c6c5)c4)cc3c2c1. The van der Waals surface area contributed by atoms with Crippen LogP contribution in [0.1, 0.15) is 0 Å². The van der Waals surface area contributed by atoms with Gasteiger partial charge in [0.25, 0.3) is 0 Å². The molecule has 0 bridgehead atoms. The molecular formula is C36H22BrNS. The summed E-state index contributed by atoms with van der Waals surface area (Å²) in [4.78, 5) is 0. The van der Waals surface area contributed by atoms with Crippen molar-refractivity contribution in [3.8, 4) is 27.9 Å². The van der Waals surface area contributed by atoms with Crippen molar-refractivity contribution < 1.29 is 0 Å². The van der Waals surface area contributed by atoms with Crippen LogP contribution in [-0.2, 0) is 0 Å². The highest BCUT2D eigenvalue weighted by atomic mass is 79.9. The average Bonchev–Trinajstić information content (AvgIpc) is 3.52. The first-order valence-electron chi connectivity index (χ1n) is 13.0. The molecule has 2 aromatic heterocycles. The number of para-hydroxylation sites is 2. The quantitative estimate of drug-likeness (QED) is 0.196. The molecule has 0 aliphatic rings. The van der Waals surface area contributed by atoms with Crippen LogP contribution < -0.4 is 0 Å². The predicted molar refractivity (Wildman–Crippen MR) is 172 cm³/mol. The molecule has 0 aliphatic heterocycles. The van der Waals surface area contributed by atoms with E-state index in [1.807, 2.05) is 11.3 Å². The topological polar surface area (TPSA) is 4.93 Å². The highest BCUT2D eigenvalue weighted by Gasteiger charge is 2.14. The molecule has 3 heteroatoms. The van der Waals surface area contributed by atoms with Crippen molar-refractivity contribution in [3.05, 3.63) is 138 Å². The van der Waals surface area contributed by atoms with Crippen LogP contribution in [0.15, 0.2) is 138 Å². The van der Waals surface area contributed by atoms with Crippen molar-refractivity contribution in [1.29, 1.82) is 0 Å². The van der Waals surface area contributed by atoms with Crippen molar-refractivity contribution in [2.45, 2.75) is 0 Å². The predicted octanol–water partition coefficient (Wildman–Crippen LogP) is 11.2. The molecule has 0 saturated heterocycles. The van der Waals surface area contributed by atoms with E-state index >= 15 is 0 Å². The van der Waals surface area contributed by atoms with E-state index in [0.717, 1.165) is 4.47 Å². The average molecular weight is 581 g/mol. The molecule has 0 amide bonds. The monoisotopic (exact) mass is 579 g/mol. The summed E-state index contributed by atoms with van der Waals surface area (Å²) in [6, 6.07) is 48.6. The van der Waals surface area contributed by atoms with E-state index in [1.54, 1.807) is 0 Å². The Morgan fingerprint density at radius 1 is 0.436 bits per heavy atom. The molecule has 0 saturated carbocycles. The van der Waals surface area contributed by atoms with Gasteiger partial charge in [-0.1, -0.05) is 88.7 Å². The number of hydrogen-bond donors (Lipinski definition) is 0. The van der Waals surface area contributed by atoms with Crippen LogP contribution in [0.4, 0.5) is 0 Å². The Labute approximate surface area is 238 Å². The highest BCUT2D eigenvalue weighted by Crippen LogP contribution is 2.39. The molecule has 0 unspecified atom stereocenters. The second-order valence-electron chi connectivity index (χ2n) is 9.95. The zero-order chi connectivity index (χ0) is 25.9. The number of halogens is 1. The molecule has 184 valence electrons. The number of aromatic nitrogens is 1. The standard InChI is InChI=1S/C36H22BrNS/c37-27-15-18-36-32(22-27)31-20-25(14-17-35(31)39-36)23-7-6-8-24(19-23)26-13-16-30-29-11-4-5-12-33(29)38(34(30)21-26)28-9-2-1-3-10-28/h1-22H. The van der Waals surface area contributed by atoms with E-state index < -0.39 is 0 Å². The molecule has 0 radical (unpaired) electrons. The number of nitrogens with zero attached hydrogens (tertiary/aromatic N) is 1. The van der Waals surface area contributed by atoms with Gasteiger partial charge in [-0.2, -0.15) is 0 Å². The molecule has 0 aliphatic carbocycles. The summed E-state index contributed by atoms with van der Waals surface area (Å²) in [5.74, 6) is 0. The van der Waals surface area contributed by atoms with E-state index in [-0.39, 0.29) is 0 Å². The van der Waals surface area contributed by atoms with Gasteiger partial charge < -0.3 is 4.57 Å². The van der Waals surface area contributed by atoms with Crippen LogP contribution >= 0.6 is 27.3 Å². The zero-order valence-electron chi connectivity index (χ0n) is 20.9. The lowest BCUT2D eigenvalue weighted by Gasteiger charge is -2.10. The first-order valence-corrected chi connectivity index (χ1v) is 14.7. The van der Waals surface area contributed by atoms with E-state index in [1.165, 1.54) is 69.9 Å². The van der Waals surface area contributed by atoms with Gasteiger partial charge in [-0.3, -0.25) is 0 Å². The minimum atomic E-state index is 1.12. The Kier molecular flexibility index (Phi) is 5.22. The Morgan fingerprint density at radius 3 is 1.92 bits per heavy atom. The molecule has 0 fully saturated rings. The van der Waals surface area contributed by atoms with Gasteiger partial charge in [0.1, 0.15) is 0 Å². The number of rotatable bonds is 3. The molecule has 8 aromatic rings. The summed E-state index contributed by atoms with van der Waals surface area (Å²) in [6.07, 6.45) is 0. The van der Waals surface area contributed by atoms with Crippen LogP contribution in [-0.4, -0.2) is 4.57 Å². The zero-order valence-corrected chi connectivity index (χ0v) is 23.3. The minimum absolute atomic E-state index is 1.12. The molecule has 6 aromatic carbocycles. The lowest BCUT2D eigenvalue weighted by Crippen LogP contribution is -1.93. The number of benzene rings is 6. The van der Waals surface area contributed by atoms with E-state index in [9.17, 15) is 0 Å². The summed E-state index contributed by atoms with van der Waals surface area (Å²) >= 11 is 5.51. The van der Waals surface area contributed by atoms with E-state index in [2.05, 4.69) is 154 Å². The normalized spacial score (nSPS) is 11.7. The molecule has 0 atom stereocenters. The van der Waals surface area contributed by atoms with Crippen LogP contribution in [0.3, 0.4) is 0 Å².